The number of rotatable bonds is 6. The maximum atomic E-state index is 12.6. The average Bonchev–Trinajstić information content (AvgIpc) is 3.14. The summed E-state index contributed by atoms with van der Waals surface area (Å²) in [7, 11) is 1.62. The lowest BCUT2D eigenvalue weighted by atomic mass is 9.99. The summed E-state index contributed by atoms with van der Waals surface area (Å²) in [5, 5.41) is 10.3. The molecule has 0 aromatic heterocycles. The zero-order valence-electron chi connectivity index (χ0n) is 15.2. The van der Waals surface area contributed by atoms with Crippen molar-refractivity contribution < 1.29 is 14.6 Å². The van der Waals surface area contributed by atoms with Gasteiger partial charge in [-0.1, -0.05) is 25.7 Å². The van der Waals surface area contributed by atoms with E-state index in [9.17, 15) is 9.90 Å². The molecule has 1 aliphatic carbocycles. The van der Waals surface area contributed by atoms with Crippen molar-refractivity contribution >= 4 is 5.91 Å². The second-order valence-corrected chi connectivity index (χ2v) is 7.36. The number of nitrogens with zero attached hydrogens (tertiary/aromatic N) is 2. The average molecular weight is 346 g/mol. The molecule has 1 saturated carbocycles. The number of ether oxygens (including phenoxy) is 1. The van der Waals surface area contributed by atoms with E-state index in [1.807, 2.05) is 29.2 Å². The van der Waals surface area contributed by atoms with Gasteiger partial charge in [0.05, 0.1) is 13.2 Å². The summed E-state index contributed by atoms with van der Waals surface area (Å²) in [5.74, 6) is 1.55. The molecule has 1 aromatic rings. The van der Waals surface area contributed by atoms with Crippen LogP contribution in [0.15, 0.2) is 24.3 Å². The monoisotopic (exact) mass is 346 g/mol. The molecule has 1 atom stereocenters. The molecular weight excluding hydrogens is 316 g/mol. The first-order chi connectivity index (χ1) is 12.2. The van der Waals surface area contributed by atoms with Gasteiger partial charge < -0.3 is 14.7 Å². The molecule has 1 heterocycles. The molecule has 1 amide bonds. The number of amides is 1. The number of aliphatic hydroxyl groups excluding tert-OH is 1. The van der Waals surface area contributed by atoms with Gasteiger partial charge in [-0.2, -0.15) is 0 Å². The van der Waals surface area contributed by atoms with Crippen LogP contribution in [0.5, 0.6) is 5.75 Å². The van der Waals surface area contributed by atoms with Crippen LogP contribution in [0.2, 0.25) is 0 Å². The van der Waals surface area contributed by atoms with E-state index >= 15 is 0 Å². The zero-order chi connectivity index (χ0) is 17.6. The Morgan fingerprint density at radius 1 is 1.16 bits per heavy atom. The van der Waals surface area contributed by atoms with Gasteiger partial charge in [0, 0.05) is 38.3 Å². The Morgan fingerprint density at radius 2 is 1.80 bits per heavy atom. The quantitative estimate of drug-likeness (QED) is 0.859. The standard InChI is InChI=1S/C20H30N2O3/c1-25-19-8-6-17(7-9-19)20(24)22-12-10-21(11-13-22)15-18(23)14-16-4-2-3-5-16/h6-9,16,18,23H,2-5,10-15H2,1H3. The number of piperazine rings is 1. The van der Waals surface area contributed by atoms with Gasteiger partial charge in [0.1, 0.15) is 5.75 Å². The Labute approximate surface area is 150 Å². The van der Waals surface area contributed by atoms with Crippen molar-refractivity contribution in [2.75, 3.05) is 39.8 Å². The molecule has 5 heteroatoms. The summed E-state index contributed by atoms with van der Waals surface area (Å²) in [6.45, 7) is 3.86. The largest absolute Gasteiger partial charge is 0.497 e. The molecule has 1 N–H and O–H groups in total. The first-order valence-corrected chi connectivity index (χ1v) is 9.49. The zero-order valence-corrected chi connectivity index (χ0v) is 15.2. The van der Waals surface area contributed by atoms with Crippen LogP contribution in [-0.2, 0) is 0 Å². The van der Waals surface area contributed by atoms with E-state index in [2.05, 4.69) is 4.90 Å². The third-order valence-electron chi connectivity index (χ3n) is 5.55. The molecule has 1 aromatic carbocycles. The lowest BCUT2D eigenvalue weighted by Gasteiger charge is -2.36. The first kappa shape index (κ1) is 18.2. The molecule has 1 unspecified atom stereocenters. The fraction of sp³-hybridized carbons (Fsp3) is 0.650. The normalized spacial score (nSPS) is 20.6. The lowest BCUT2D eigenvalue weighted by molar-refractivity contribution is 0.0482. The molecule has 0 spiro atoms. The predicted molar refractivity (Wildman–Crippen MR) is 97.9 cm³/mol. The topological polar surface area (TPSA) is 53.0 Å². The number of carbonyl (C=O) groups excluding carboxylic acids is 1. The van der Waals surface area contributed by atoms with Crippen LogP contribution in [0.25, 0.3) is 0 Å². The highest BCUT2D eigenvalue weighted by atomic mass is 16.5. The molecular formula is C20H30N2O3. The summed E-state index contributed by atoms with van der Waals surface area (Å²) in [6.07, 6.45) is 5.91. The Bertz CT molecular complexity index is 547. The summed E-state index contributed by atoms with van der Waals surface area (Å²) in [6, 6.07) is 7.28. The molecule has 0 bridgehead atoms. The van der Waals surface area contributed by atoms with E-state index in [4.69, 9.17) is 4.74 Å². The molecule has 3 rings (SSSR count). The molecule has 25 heavy (non-hydrogen) atoms. The van der Waals surface area contributed by atoms with E-state index in [1.54, 1.807) is 7.11 Å². The van der Waals surface area contributed by atoms with Gasteiger partial charge in [0.2, 0.25) is 0 Å². The van der Waals surface area contributed by atoms with Crippen LogP contribution in [0.3, 0.4) is 0 Å². The minimum atomic E-state index is -0.230. The summed E-state index contributed by atoms with van der Waals surface area (Å²) in [4.78, 5) is 16.8. The van der Waals surface area contributed by atoms with Gasteiger partial charge in [-0.05, 0) is 36.6 Å². The van der Waals surface area contributed by atoms with Crippen LogP contribution in [0.1, 0.15) is 42.5 Å². The van der Waals surface area contributed by atoms with E-state index in [-0.39, 0.29) is 12.0 Å². The van der Waals surface area contributed by atoms with E-state index in [1.165, 1.54) is 25.7 Å². The number of hydrogen-bond acceptors (Lipinski definition) is 4. The van der Waals surface area contributed by atoms with Gasteiger partial charge >= 0.3 is 0 Å². The van der Waals surface area contributed by atoms with Crippen molar-refractivity contribution in [2.24, 2.45) is 5.92 Å². The maximum absolute atomic E-state index is 12.6. The first-order valence-electron chi connectivity index (χ1n) is 9.49. The fourth-order valence-corrected chi connectivity index (χ4v) is 4.05. The molecule has 2 fully saturated rings. The van der Waals surface area contributed by atoms with E-state index < -0.39 is 0 Å². The molecule has 2 aliphatic rings. The van der Waals surface area contributed by atoms with Crippen LogP contribution in [-0.4, -0.2) is 66.8 Å². The molecule has 1 saturated heterocycles. The van der Waals surface area contributed by atoms with Crippen molar-refractivity contribution in [3.05, 3.63) is 29.8 Å². The Morgan fingerprint density at radius 3 is 2.40 bits per heavy atom. The van der Waals surface area contributed by atoms with Crippen LogP contribution < -0.4 is 4.74 Å². The smallest absolute Gasteiger partial charge is 0.253 e. The maximum Gasteiger partial charge on any atom is 0.253 e. The van der Waals surface area contributed by atoms with Gasteiger partial charge in [-0.3, -0.25) is 9.69 Å². The Balaban J connectivity index is 1.43. The summed E-state index contributed by atoms with van der Waals surface area (Å²) < 4.78 is 5.14. The van der Waals surface area contributed by atoms with Crippen molar-refractivity contribution in [1.29, 1.82) is 0 Å². The molecule has 5 nitrogen and oxygen atoms in total. The highest BCUT2D eigenvalue weighted by molar-refractivity contribution is 5.94. The highest BCUT2D eigenvalue weighted by Gasteiger charge is 2.25. The van der Waals surface area contributed by atoms with Crippen LogP contribution in [0, 0.1) is 5.92 Å². The lowest BCUT2D eigenvalue weighted by Crippen LogP contribution is -2.50. The second kappa shape index (κ2) is 8.68. The van der Waals surface area contributed by atoms with E-state index in [0.717, 1.165) is 44.9 Å². The number of hydrogen-bond donors (Lipinski definition) is 1. The fourth-order valence-electron chi connectivity index (χ4n) is 4.05. The van der Waals surface area contributed by atoms with Crippen molar-refractivity contribution in [2.45, 2.75) is 38.2 Å². The third-order valence-corrected chi connectivity index (χ3v) is 5.55. The predicted octanol–water partition coefficient (Wildman–Crippen LogP) is 2.39. The number of aliphatic hydroxyl groups is 1. The van der Waals surface area contributed by atoms with E-state index in [0.29, 0.717) is 11.5 Å². The van der Waals surface area contributed by atoms with Gasteiger partial charge in [0.25, 0.3) is 5.91 Å². The highest BCUT2D eigenvalue weighted by Crippen LogP contribution is 2.28. The number of benzene rings is 1. The van der Waals surface area contributed by atoms with Crippen LogP contribution >= 0.6 is 0 Å². The molecule has 1 aliphatic heterocycles. The third kappa shape index (κ3) is 4.95. The van der Waals surface area contributed by atoms with Gasteiger partial charge in [-0.25, -0.2) is 0 Å². The van der Waals surface area contributed by atoms with Crippen molar-refractivity contribution in [3.8, 4) is 5.75 Å². The Kier molecular flexibility index (Phi) is 6.32. The Hall–Kier alpha value is -1.59. The second-order valence-electron chi connectivity index (χ2n) is 7.36. The van der Waals surface area contributed by atoms with Crippen molar-refractivity contribution in [1.82, 2.24) is 9.80 Å². The minimum Gasteiger partial charge on any atom is -0.497 e. The van der Waals surface area contributed by atoms with Gasteiger partial charge in [0.15, 0.2) is 0 Å². The number of β-amino-alcohol motifs (C(OH)–C–C–N with tert-alkyl or cyclic N) is 1. The van der Waals surface area contributed by atoms with Crippen molar-refractivity contribution in [3.63, 3.8) is 0 Å². The summed E-state index contributed by atoms with van der Waals surface area (Å²) >= 11 is 0. The van der Waals surface area contributed by atoms with Crippen LogP contribution in [0.4, 0.5) is 0 Å². The number of carbonyl (C=O) groups is 1. The SMILES string of the molecule is COc1ccc(C(=O)N2CCN(CC(O)CC3CCCC3)CC2)cc1. The molecule has 0 radical (unpaired) electrons. The number of methoxy groups -OCH3 is 1. The minimum absolute atomic E-state index is 0.0776. The molecule has 138 valence electrons. The van der Waals surface area contributed by atoms with Gasteiger partial charge in [-0.15, -0.1) is 0 Å². The summed E-state index contributed by atoms with van der Waals surface area (Å²) in [5.41, 5.74) is 0.704.